The molecule has 2 aromatic carbocycles. The highest BCUT2D eigenvalue weighted by Crippen LogP contribution is 2.31. The van der Waals surface area contributed by atoms with Crippen LogP contribution in [0.3, 0.4) is 0 Å². The number of amides is 1. The second-order valence-electron chi connectivity index (χ2n) is 9.50. The molecule has 0 bridgehead atoms. The second kappa shape index (κ2) is 8.66. The molecule has 5 N–H and O–H groups in total. The average Bonchev–Trinajstić information content (AvgIpc) is 2.65. The van der Waals surface area contributed by atoms with E-state index in [1.807, 2.05) is 50.2 Å². The lowest BCUT2D eigenvalue weighted by Gasteiger charge is -2.47. The van der Waals surface area contributed by atoms with E-state index >= 15 is 0 Å². The molecule has 1 atom stereocenters. The molecule has 2 aromatic rings. The number of nitrogen functional groups attached to an aromatic ring is 1. The Morgan fingerprint density at radius 1 is 1.20 bits per heavy atom. The van der Waals surface area contributed by atoms with Crippen LogP contribution in [0.15, 0.2) is 48.5 Å². The van der Waals surface area contributed by atoms with Gasteiger partial charge < -0.3 is 21.5 Å². The largest absolute Gasteiger partial charge is 0.397 e. The number of carbonyl (C=O) groups excluding carboxylic acids is 1. The summed E-state index contributed by atoms with van der Waals surface area (Å²) >= 11 is 0. The number of nitrogens with one attached hydrogen (secondary N) is 2. The van der Waals surface area contributed by atoms with E-state index < -0.39 is 5.60 Å². The van der Waals surface area contributed by atoms with Gasteiger partial charge in [0.15, 0.2) is 0 Å². The monoisotopic (exact) mass is 410 g/mol. The number of para-hydroxylation sites is 2. The molecule has 30 heavy (non-hydrogen) atoms. The van der Waals surface area contributed by atoms with Crippen molar-refractivity contribution in [2.24, 2.45) is 0 Å². The minimum atomic E-state index is -0.696. The Labute approximate surface area is 179 Å². The average molecular weight is 411 g/mol. The zero-order valence-corrected chi connectivity index (χ0v) is 18.4. The van der Waals surface area contributed by atoms with E-state index in [2.05, 4.69) is 29.4 Å². The fraction of sp³-hybridized carbons (Fsp3) is 0.458. The van der Waals surface area contributed by atoms with Crippen LogP contribution in [0, 0.1) is 0 Å². The van der Waals surface area contributed by atoms with Gasteiger partial charge in [0.05, 0.1) is 17.0 Å². The first-order valence-electron chi connectivity index (χ1n) is 10.5. The lowest BCUT2D eigenvalue weighted by Crippen LogP contribution is -2.56. The van der Waals surface area contributed by atoms with Crippen LogP contribution in [-0.2, 0) is 0 Å². The number of piperidine rings is 1. The van der Waals surface area contributed by atoms with Gasteiger partial charge in [-0.05, 0) is 76.9 Å². The third-order valence-electron chi connectivity index (χ3n) is 5.65. The number of anilines is 3. The minimum Gasteiger partial charge on any atom is -0.397 e. The van der Waals surface area contributed by atoms with Gasteiger partial charge in [0.1, 0.15) is 0 Å². The summed E-state index contributed by atoms with van der Waals surface area (Å²) in [7, 11) is 0. The summed E-state index contributed by atoms with van der Waals surface area (Å²) < 4.78 is 0. The van der Waals surface area contributed by atoms with Gasteiger partial charge in [-0.1, -0.05) is 12.1 Å². The molecule has 1 unspecified atom stereocenters. The fourth-order valence-corrected chi connectivity index (χ4v) is 4.09. The standard InChI is InChI=1S/C24H34N4O2/c1-23(2)15-19(13-14-28(23)16-24(3,4)30)26-18-11-9-17(10-12-18)22(29)27-21-8-6-5-7-20(21)25/h5-12,19,26,30H,13-16,25H2,1-4H3,(H,27,29). The Morgan fingerprint density at radius 3 is 2.47 bits per heavy atom. The van der Waals surface area contributed by atoms with Gasteiger partial charge in [0, 0.05) is 35.9 Å². The first-order valence-corrected chi connectivity index (χ1v) is 10.5. The van der Waals surface area contributed by atoms with E-state index in [0.29, 0.717) is 29.5 Å². The minimum absolute atomic E-state index is 0.00532. The van der Waals surface area contributed by atoms with E-state index in [-0.39, 0.29) is 11.4 Å². The Kier molecular flexibility index (Phi) is 6.38. The summed E-state index contributed by atoms with van der Waals surface area (Å²) in [6.45, 7) is 9.79. The smallest absolute Gasteiger partial charge is 0.255 e. The van der Waals surface area contributed by atoms with Crippen LogP contribution in [-0.4, -0.2) is 46.2 Å². The van der Waals surface area contributed by atoms with E-state index in [9.17, 15) is 9.90 Å². The molecule has 0 saturated carbocycles. The maximum absolute atomic E-state index is 12.5. The maximum atomic E-state index is 12.5. The molecule has 1 aliphatic rings. The van der Waals surface area contributed by atoms with Crippen LogP contribution in [0.4, 0.5) is 17.1 Å². The molecule has 1 amide bonds. The molecule has 6 heteroatoms. The predicted octanol–water partition coefficient (Wildman–Crippen LogP) is 3.95. The number of nitrogens with two attached hydrogens (primary N) is 1. The Balaban J connectivity index is 1.58. The van der Waals surface area contributed by atoms with Crippen molar-refractivity contribution in [3.05, 3.63) is 54.1 Å². The molecule has 1 aliphatic heterocycles. The van der Waals surface area contributed by atoms with Crippen molar-refractivity contribution in [3.8, 4) is 0 Å². The maximum Gasteiger partial charge on any atom is 0.255 e. The van der Waals surface area contributed by atoms with Gasteiger partial charge in [-0.25, -0.2) is 0 Å². The van der Waals surface area contributed by atoms with E-state index in [0.717, 1.165) is 25.1 Å². The Bertz CT molecular complexity index is 872. The molecular formula is C24H34N4O2. The number of likely N-dealkylation sites (tertiary alicyclic amines) is 1. The summed E-state index contributed by atoms with van der Waals surface area (Å²) in [6, 6.07) is 15.1. The molecule has 6 nitrogen and oxygen atoms in total. The molecule has 1 heterocycles. The lowest BCUT2D eigenvalue weighted by molar-refractivity contribution is -0.0192. The zero-order chi connectivity index (χ0) is 21.9. The number of rotatable bonds is 6. The number of benzene rings is 2. The molecule has 0 spiro atoms. The molecule has 1 saturated heterocycles. The van der Waals surface area contributed by atoms with Crippen LogP contribution in [0.2, 0.25) is 0 Å². The van der Waals surface area contributed by atoms with Crippen molar-refractivity contribution >= 4 is 23.0 Å². The van der Waals surface area contributed by atoms with E-state index in [4.69, 9.17) is 5.73 Å². The third-order valence-corrected chi connectivity index (χ3v) is 5.65. The van der Waals surface area contributed by atoms with E-state index in [1.54, 1.807) is 12.1 Å². The lowest BCUT2D eigenvalue weighted by atomic mass is 9.85. The molecule has 3 rings (SSSR count). The van der Waals surface area contributed by atoms with Crippen molar-refractivity contribution in [1.29, 1.82) is 0 Å². The highest BCUT2D eigenvalue weighted by Gasteiger charge is 2.36. The van der Waals surface area contributed by atoms with Crippen LogP contribution in [0.1, 0.15) is 50.9 Å². The molecule has 1 fully saturated rings. The number of hydrogen-bond acceptors (Lipinski definition) is 5. The van der Waals surface area contributed by atoms with Gasteiger partial charge in [-0.3, -0.25) is 9.69 Å². The Hall–Kier alpha value is -2.57. The molecule has 0 aromatic heterocycles. The van der Waals surface area contributed by atoms with Crippen LogP contribution < -0.4 is 16.4 Å². The quantitative estimate of drug-likeness (QED) is 0.542. The van der Waals surface area contributed by atoms with Crippen LogP contribution >= 0.6 is 0 Å². The number of nitrogens with zero attached hydrogens (tertiary/aromatic N) is 1. The highest BCUT2D eigenvalue weighted by atomic mass is 16.3. The van der Waals surface area contributed by atoms with Crippen molar-refractivity contribution < 1.29 is 9.90 Å². The van der Waals surface area contributed by atoms with Gasteiger partial charge >= 0.3 is 0 Å². The summed E-state index contributed by atoms with van der Waals surface area (Å²) in [5.74, 6) is -0.180. The number of carbonyl (C=O) groups is 1. The molecule has 0 aliphatic carbocycles. The SMILES string of the molecule is CC(C)(O)CN1CCC(Nc2ccc(C(=O)Nc3ccccc3N)cc2)CC1(C)C. The van der Waals surface area contributed by atoms with Crippen molar-refractivity contribution in [2.45, 2.75) is 57.7 Å². The summed E-state index contributed by atoms with van der Waals surface area (Å²) in [4.78, 5) is 14.9. The topological polar surface area (TPSA) is 90.6 Å². The summed E-state index contributed by atoms with van der Waals surface area (Å²) in [6.07, 6.45) is 1.99. The second-order valence-corrected chi connectivity index (χ2v) is 9.50. The summed E-state index contributed by atoms with van der Waals surface area (Å²) in [5, 5.41) is 16.6. The molecule has 162 valence electrons. The van der Waals surface area contributed by atoms with Crippen molar-refractivity contribution in [3.63, 3.8) is 0 Å². The first-order chi connectivity index (χ1) is 14.0. The normalized spacial score (nSPS) is 19.3. The fourth-order valence-electron chi connectivity index (χ4n) is 4.09. The zero-order valence-electron chi connectivity index (χ0n) is 18.4. The highest BCUT2D eigenvalue weighted by molar-refractivity contribution is 6.05. The third kappa shape index (κ3) is 5.74. The Morgan fingerprint density at radius 2 is 1.87 bits per heavy atom. The first kappa shape index (κ1) is 22.1. The van der Waals surface area contributed by atoms with Gasteiger partial charge in [0.2, 0.25) is 0 Å². The van der Waals surface area contributed by atoms with Gasteiger partial charge in [-0.2, -0.15) is 0 Å². The molecule has 0 radical (unpaired) electrons. The van der Waals surface area contributed by atoms with Gasteiger partial charge in [-0.15, -0.1) is 0 Å². The van der Waals surface area contributed by atoms with Crippen molar-refractivity contribution in [2.75, 3.05) is 29.5 Å². The number of aliphatic hydroxyl groups is 1. The number of hydrogen-bond donors (Lipinski definition) is 4. The molecular weight excluding hydrogens is 376 g/mol. The van der Waals surface area contributed by atoms with Crippen molar-refractivity contribution in [1.82, 2.24) is 4.90 Å². The van der Waals surface area contributed by atoms with Crippen LogP contribution in [0.25, 0.3) is 0 Å². The summed E-state index contributed by atoms with van der Waals surface area (Å²) in [5.41, 5.74) is 7.96. The predicted molar refractivity (Wildman–Crippen MR) is 124 cm³/mol. The number of β-amino-alcohol motifs (C(OH)–C–C–N with tert-alkyl or cyclic N) is 1. The van der Waals surface area contributed by atoms with Crippen LogP contribution in [0.5, 0.6) is 0 Å². The van der Waals surface area contributed by atoms with Gasteiger partial charge in [0.25, 0.3) is 5.91 Å². The van der Waals surface area contributed by atoms with E-state index in [1.165, 1.54) is 0 Å².